The average molecular weight is 110 g/mol. The van der Waals surface area contributed by atoms with E-state index in [-0.39, 0.29) is 5.82 Å². The fourth-order valence-corrected chi connectivity index (χ4v) is 0.262. The summed E-state index contributed by atoms with van der Waals surface area (Å²) in [4.78, 5) is 0. The zero-order valence-corrected chi connectivity index (χ0v) is 5.39. The minimum absolute atomic E-state index is 0.0500. The summed E-state index contributed by atoms with van der Waals surface area (Å²) < 4.78 is 0. The number of nitrogens with zero attached hydrogens (tertiary/aromatic N) is 1. The van der Waals surface area contributed by atoms with Crippen LogP contribution in [-0.4, -0.2) is 20.6 Å². The highest BCUT2D eigenvalue weighted by atomic mass is 15.3. The maximum atomic E-state index is 5.34. The summed E-state index contributed by atoms with van der Waals surface area (Å²) in [6, 6.07) is 0. The first kappa shape index (κ1) is 7.53. The van der Waals surface area contributed by atoms with Crippen LogP contribution in [0.5, 0.6) is 0 Å². The third-order valence-electron chi connectivity index (χ3n) is 0.559. The molecular formula is C5H11BN2. The van der Waals surface area contributed by atoms with Crippen LogP contribution >= 0.6 is 0 Å². The molecule has 0 aromatic carbocycles. The van der Waals surface area contributed by atoms with E-state index in [1.54, 1.807) is 6.21 Å². The molecule has 3 heteroatoms. The second-order valence-electron chi connectivity index (χ2n) is 1.65. The molecule has 0 heterocycles. The zero-order chi connectivity index (χ0) is 6.41. The van der Waals surface area contributed by atoms with Crippen molar-refractivity contribution in [3.63, 3.8) is 0 Å². The molecule has 0 amide bonds. The Kier molecular flexibility index (Phi) is 4.42. The quantitative estimate of drug-likeness (QED) is 0.320. The molecule has 0 aromatic heterocycles. The standard InChI is InChI=1S/C5H11BN2/c1-3-7-8-4-5(2)6/h4-5,7H,3H2,1-2H3/b8-4-. The Balaban J connectivity index is 3.07. The van der Waals surface area contributed by atoms with Gasteiger partial charge in [0, 0.05) is 12.8 Å². The van der Waals surface area contributed by atoms with Crippen molar-refractivity contribution in [3.05, 3.63) is 0 Å². The second kappa shape index (κ2) is 4.69. The minimum Gasteiger partial charge on any atom is -0.311 e. The smallest absolute Gasteiger partial charge is 0.0773 e. The monoisotopic (exact) mass is 110 g/mol. The van der Waals surface area contributed by atoms with Crippen molar-refractivity contribution in [2.45, 2.75) is 19.7 Å². The highest BCUT2D eigenvalue weighted by molar-refractivity contribution is 6.20. The summed E-state index contributed by atoms with van der Waals surface area (Å²) in [5, 5.41) is 3.79. The highest BCUT2D eigenvalue weighted by Gasteiger charge is 1.80. The van der Waals surface area contributed by atoms with Gasteiger partial charge in [0.1, 0.15) is 0 Å². The predicted molar refractivity (Wildman–Crippen MR) is 37.3 cm³/mol. The van der Waals surface area contributed by atoms with Gasteiger partial charge in [-0.2, -0.15) is 5.10 Å². The van der Waals surface area contributed by atoms with Crippen LogP contribution in [0.1, 0.15) is 13.8 Å². The van der Waals surface area contributed by atoms with Gasteiger partial charge in [0.05, 0.1) is 7.85 Å². The van der Waals surface area contributed by atoms with Crippen molar-refractivity contribution in [2.75, 3.05) is 6.54 Å². The van der Waals surface area contributed by atoms with Crippen molar-refractivity contribution in [1.82, 2.24) is 5.43 Å². The fourth-order valence-electron chi connectivity index (χ4n) is 0.262. The number of rotatable bonds is 3. The molecular weight excluding hydrogens is 98.9 g/mol. The molecule has 8 heavy (non-hydrogen) atoms. The van der Waals surface area contributed by atoms with E-state index >= 15 is 0 Å². The molecule has 2 radical (unpaired) electrons. The summed E-state index contributed by atoms with van der Waals surface area (Å²) in [5.41, 5.74) is 2.77. The summed E-state index contributed by atoms with van der Waals surface area (Å²) in [6.07, 6.45) is 1.67. The molecule has 44 valence electrons. The Bertz CT molecular complexity index is 70.8. The Morgan fingerprint density at radius 2 is 2.50 bits per heavy atom. The maximum absolute atomic E-state index is 5.34. The number of nitrogens with one attached hydrogen (secondary N) is 1. The van der Waals surface area contributed by atoms with E-state index in [0.29, 0.717) is 0 Å². The van der Waals surface area contributed by atoms with Gasteiger partial charge in [-0.15, -0.1) is 0 Å². The first-order valence-electron chi connectivity index (χ1n) is 2.79. The lowest BCUT2D eigenvalue weighted by atomic mass is 9.91. The molecule has 0 spiro atoms. The molecule has 1 atom stereocenters. The van der Waals surface area contributed by atoms with Crippen LogP contribution < -0.4 is 5.43 Å². The lowest BCUT2D eigenvalue weighted by Crippen LogP contribution is -2.03. The largest absolute Gasteiger partial charge is 0.311 e. The summed E-state index contributed by atoms with van der Waals surface area (Å²) in [6.45, 7) is 4.71. The second-order valence-corrected chi connectivity index (χ2v) is 1.65. The molecule has 0 saturated carbocycles. The summed E-state index contributed by atoms with van der Waals surface area (Å²) >= 11 is 0. The van der Waals surface area contributed by atoms with Crippen LogP contribution in [0.3, 0.4) is 0 Å². The van der Waals surface area contributed by atoms with Crippen molar-refractivity contribution in [2.24, 2.45) is 5.10 Å². The van der Waals surface area contributed by atoms with E-state index in [0.717, 1.165) is 6.54 Å². The Morgan fingerprint density at radius 3 is 2.88 bits per heavy atom. The Hall–Kier alpha value is -0.465. The van der Waals surface area contributed by atoms with Crippen LogP contribution in [0.15, 0.2) is 5.10 Å². The molecule has 0 aliphatic rings. The molecule has 2 nitrogen and oxygen atoms in total. The number of hydrogen-bond donors (Lipinski definition) is 1. The summed E-state index contributed by atoms with van der Waals surface area (Å²) in [7, 11) is 5.34. The zero-order valence-electron chi connectivity index (χ0n) is 5.39. The molecule has 0 bridgehead atoms. The van der Waals surface area contributed by atoms with Gasteiger partial charge in [-0.25, -0.2) is 0 Å². The topological polar surface area (TPSA) is 24.4 Å². The number of hydrogen-bond acceptors (Lipinski definition) is 2. The molecule has 0 fully saturated rings. The van der Waals surface area contributed by atoms with E-state index in [1.165, 1.54) is 0 Å². The van der Waals surface area contributed by atoms with E-state index in [2.05, 4.69) is 10.5 Å². The lowest BCUT2D eigenvalue weighted by molar-refractivity contribution is 0.784. The average Bonchev–Trinajstić information content (AvgIpc) is 1.66. The van der Waals surface area contributed by atoms with E-state index < -0.39 is 0 Å². The molecule has 0 saturated heterocycles. The van der Waals surface area contributed by atoms with E-state index in [4.69, 9.17) is 7.85 Å². The van der Waals surface area contributed by atoms with Crippen molar-refractivity contribution in [3.8, 4) is 0 Å². The molecule has 0 aliphatic carbocycles. The number of hydrazone groups is 1. The highest BCUT2D eigenvalue weighted by Crippen LogP contribution is 1.85. The van der Waals surface area contributed by atoms with Crippen LogP contribution in [0.25, 0.3) is 0 Å². The third-order valence-corrected chi connectivity index (χ3v) is 0.559. The fraction of sp³-hybridized carbons (Fsp3) is 0.800. The van der Waals surface area contributed by atoms with Crippen molar-refractivity contribution >= 4 is 14.1 Å². The molecule has 0 aromatic rings. The first-order valence-corrected chi connectivity index (χ1v) is 2.79. The first-order chi connectivity index (χ1) is 3.77. The van der Waals surface area contributed by atoms with Crippen LogP contribution in [0, 0.1) is 0 Å². The lowest BCUT2D eigenvalue weighted by Gasteiger charge is -1.93. The van der Waals surface area contributed by atoms with Crippen molar-refractivity contribution in [1.29, 1.82) is 0 Å². The molecule has 1 N–H and O–H groups in total. The Morgan fingerprint density at radius 1 is 1.88 bits per heavy atom. The van der Waals surface area contributed by atoms with Gasteiger partial charge in [0.2, 0.25) is 0 Å². The minimum atomic E-state index is 0.0500. The molecule has 1 unspecified atom stereocenters. The van der Waals surface area contributed by atoms with Gasteiger partial charge in [0.25, 0.3) is 0 Å². The Labute approximate surface area is 51.8 Å². The van der Waals surface area contributed by atoms with Gasteiger partial charge in [-0.3, -0.25) is 0 Å². The van der Waals surface area contributed by atoms with Crippen LogP contribution in [-0.2, 0) is 0 Å². The normalized spacial score (nSPS) is 14.2. The van der Waals surface area contributed by atoms with Gasteiger partial charge >= 0.3 is 0 Å². The third kappa shape index (κ3) is 5.53. The molecule has 0 rings (SSSR count). The SMILES string of the molecule is [B]C(C)/C=N\NCC. The summed E-state index contributed by atoms with van der Waals surface area (Å²) in [5.74, 6) is 0.0500. The van der Waals surface area contributed by atoms with E-state index in [9.17, 15) is 0 Å². The van der Waals surface area contributed by atoms with Gasteiger partial charge in [-0.05, 0) is 12.7 Å². The van der Waals surface area contributed by atoms with Gasteiger partial charge in [0.15, 0.2) is 0 Å². The van der Waals surface area contributed by atoms with Crippen LogP contribution in [0.2, 0.25) is 5.82 Å². The van der Waals surface area contributed by atoms with Crippen LogP contribution in [0.4, 0.5) is 0 Å². The molecule has 0 aliphatic heterocycles. The predicted octanol–water partition coefficient (Wildman–Crippen LogP) is 0.559. The maximum Gasteiger partial charge on any atom is 0.0773 e. The van der Waals surface area contributed by atoms with Gasteiger partial charge < -0.3 is 5.43 Å². The van der Waals surface area contributed by atoms with Crippen molar-refractivity contribution < 1.29 is 0 Å². The van der Waals surface area contributed by atoms with Gasteiger partial charge in [-0.1, -0.05) is 6.92 Å². The van der Waals surface area contributed by atoms with E-state index in [1.807, 2.05) is 13.8 Å².